The number of aromatic nitrogens is 2. The molecule has 0 saturated carbocycles. The number of methoxy groups -OCH3 is 1. The van der Waals surface area contributed by atoms with Crippen LogP contribution in [0.15, 0.2) is 24.4 Å². The third kappa shape index (κ3) is 4.59. The summed E-state index contributed by atoms with van der Waals surface area (Å²) in [6, 6.07) is 5.26. The molecule has 0 atom stereocenters. The van der Waals surface area contributed by atoms with Gasteiger partial charge in [0.25, 0.3) is 0 Å². The minimum absolute atomic E-state index is 0.0643. The summed E-state index contributed by atoms with van der Waals surface area (Å²) < 4.78 is 19.0. The van der Waals surface area contributed by atoms with E-state index in [1.807, 2.05) is 17.9 Å². The summed E-state index contributed by atoms with van der Waals surface area (Å²) in [4.78, 5) is 25.9. The van der Waals surface area contributed by atoms with Crippen LogP contribution in [0.4, 0.5) is 0 Å². The molecular weight excluding hydrogens is 452 g/mol. The summed E-state index contributed by atoms with van der Waals surface area (Å²) in [5.41, 5.74) is 4.45. The molecule has 2 heterocycles. The highest BCUT2D eigenvalue weighted by Gasteiger charge is 2.32. The van der Waals surface area contributed by atoms with Crippen LogP contribution in [-0.4, -0.2) is 35.2 Å². The number of hydrogen-bond acceptors (Lipinski definition) is 7. The van der Waals surface area contributed by atoms with E-state index in [2.05, 4.69) is 12.0 Å². The van der Waals surface area contributed by atoms with Gasteiger partial charge in [-0.15, -0.1) is 0 Å². The Labute approximate surface area is 203 Å². The number of nitrogens with zero attached hydrogens (tertiary/aromatic N) is 2. The number of rotatable bonds is 10. The molecule has 0 aliphatic heterocycles. The Kier molecular flexibility index (Phi) is 7.36. The molecule has 0 radical (unpaired) electrons. The van der Waals surface area contributed by atoms with Crippen LogP contribution in [0.5, 0.6) is 16.6 Å². The second-order valence-electron chi connectivity index (χ2n) is 8.28. The number of carbonyl (C=O) groups is 2. The largest absolute Gasteiger partial charge is 0.496 e. The molecule has 180 valence electrons. The van der Waals surface area contributed by atoms with E-state index in [0.717, 1.165) is 54.5 Å². The topological polar surface area (TPSA) is 79.7 Å². The zero-order valence-corrected chi connectivity index (χ0v) is 20.9. The molecule has 1 aliphatic rings. The number of esters is 1. The molecule has 4 rings (SSSR count). The molecular formula is C26H30N2O5S. The predicted molar refractivity (Wildman–Crippen MR) is 131 cm³/mol. The summed E-state index contributed by atoms with van der Waals surface area (Å²) in [5.74, 6) is 0.747. The van der Waals surface area contributed by atoms with Crippen LogP contribution in [-0.2, 0) is 24.6 Å². The molecule has 0 bridgehead atoms. The van der Waals surface area contributed by atoms with Crippen molar-refractivity contribution in [2.24, 2.45) is 7.05 Å². The van der Waals surface area contributed by atoms with Gasteiger partial charge in [-0.2, -0.15) is 5.10 Å². The van der Waals surface area contributed by atoms with Crippen molar-refractivity contribution in [1.29, 1.82) is 0 Å². The van der Waals surface area contributed by atoms with Crippen molar-refractivity contribution in [1.82, 2.24) is 9.78 Å². The fraction of sp³-hybridized carbons (Fsp3) is 0.423. The standard InChI is InChI=1S/C26H30N2O5S/c1-5-7-8-9-20(29)18-13-11-17(14-21(18)31-4)33-26-22-19(24(34-26)25(30)32-6-2)12-10-16-15-27-28(3)23(16)22/h11,13-15H,5-10,12H2,1-4H3. The molecule has 0 fully saturated rings. The Morgan fingerprint density at radius 2 is 2.00 bits per heavy atom. The van der Waals surface area contributed by atoms with Gasteiger partial charge in [0.1, 0.15) is 16.4 Å². The molecule has 1 aliphatic carbocycles. The van der Waals surface area contributed by atoms with E-state index in [-0.39, 0.29) is 11.8 Å². The van der Waals surface area contributed by atoms with E-state index >= 15 is 0 Å². The summed E-state index contributed by atoms with van der Waals surface area (Å²) >= 11 is 1.29. The zero-order valence-electron chi connectivity index (χ0n) is 20.1. The van der Waals surface area contributed by atoms with Gasteiger partial charge >= 0.3 is 5.97 Å². The van der Waals surface area contributed by atoms with Gasteiger partial charge in [-0.25, -0.2) is 4.79 Å². The first-order valence-electron chi connectivity index (χ1n) is 11.7. The maximum Gasteiger partial charge on any atom is 0.348 e. The number of aryl methyl sites for hydroxylation is 2. The molecule has 0 saturated heterocycles. The van der Waals surface area contributed by atoms with Gasteiger partial charge in [0, 0.05) is 19.5 Å². The highest BCUT2D eigenvalue weighted by atomic mass is 32.1. The van der Waals surface area contributed by atoms with Crippen LogP contribution < -0.4 is 9.47 Å². The first kappa shape index (κ1) is 24.0. The highest BCUT2D eigenvalue weighted by Crippen LogP contribution is 2.49. The summed E-state index contributed by atoms with van der Waals surface area (Å²) in [6.07, 6.45) is 6.84. The smallest absolute Gasteiger partial charge is 0.348 e. The van der Waals surface area contributed by atoms with Gasteiger partial charge < -0.3 is 14.2 Å². The van der Waals surface area contributed by atoms with Crippen molar-refractivity contribution in [3.05, 3.63) is 46.0 Å². The monoisotopic (exact) mass is 482 g/mol. The quantitative estimate of drug-likeness (QED) is 0.201. The fourth-order valence-corrected chi connectivity index (χ4v) is 5.46. The Hall–Kier alpha value is -3.13. The summed E-state index contributed by atoms with van der Waals surface area (Å²) in [7, 11) is 3.44. The Balaban J connectivity index is 1.70. The van der Waals surface area contributed by atoms with Gasteiger partial charge in [-0.05, 0) is 49.4 Å². The van der Waals surface area contributed by atoms with E-state index in [0.29, 0.717) is 40.0 Å². The van der Waals surface area contributed by atoms with Crippen LogP contribution in [0, 0.1) is 0 Å². The lowest BCUT2D eigenvalue weighted by molar-refractivity contribution is 0.0530. The van der Waals surface area contributed by atoms with Gasteiger partial charge in [-0.1, -0.05) is 31.1 Å². The SMILES string of the molecule is CCCCCC(=O)c1ccc(Oc2sc(C(=O)OCC)c3c2-c2c(cnn2C)CC3)cc1OC. The number of ketones is 1. The third-order valence-corrected chi connectivity index (χ3v) is 7.11. The summed E-state index contributed by atoms with van der Waals surface area (Å²) in [6.45, 7) is 4.22. The maximum absolute atomic E-state index is 12.7. The predicted octanol–water partition coefficient (Wildman–Crippen LogP) is 5.99. The van der Waals surface area contributed by atoms with Crippen LogP contribution in [0.25, 0.3) is 11.3 Å². The first-order chi connectivity index (χ1) is 16.5. The molecule has 2 aromatic heterocycles. The van der Waals surface area contributed by atoms with Crippen molar-refractivity contribution in [2.75, 3.05) is 13.7 Å². The minimum atomic E-state index is -0.338. The number of unbranched alkanes of at least 4 members (excludes halogenated alkanes) is 2. The zero-order chi connectivity index (χ0) is 24.2. The van der Waals surface area contributed by atoms with Crippen LogP contribution in [0.3, 0.4) is 0 Å². The van der Waals surface area contributed by atoms with Crippen molar-refractivity contribution in [2.45, 2.75) is 52.4 Å². The number of thiophene rings is 1. The number of ether oxygens (including phenoxy) is 3. The molecule has 34 heavy (non-hydrogen) atoms. The molecule has 0 amide bonds. The van der Waals surface area contributed by atoms with E-state index in [4.69, 9.17) is 14.2 Å². The van der Waals surface area contributed by atoms with Crippen LogP contribution >= 0.6 is 11.3 Å². The number of benzene rings is 1. The number of fused-ring (bicyclic) bond motifs is 3. The van der Waals surface area contributed by atoms with Crippen LogP contribution in [0.1, 0.15) is 70.7 Å². The minimum Gasteiger partial charge on any atom is -0.496 e. The average molecular weight is 483 g/mol. The number of Topliss-reactive ketones (excluding diaryl/α,β-unsaturated/α-hetero) is 1. The number of hydrogen-bond donors (Lipinski definition) is 0. The van der Waals surface area contributed by atoms with Crippen LogP contribution in [0.2, 0.25) is 0 Å². The molecule has 7 nitrogen and oxygen atoms in total. The van der Waals surface area contributed by atoms with Crippen molar-refractivity contribution in [3.8, 4) is 27.8 Å². The second kappa shape index (κ2) is 10.4. The van der Waals surface area contributed by atoms with E-state index in [1.165, 1.54) is 11.3 Å². The second-order valence-corrected chi connectivity index (χ2v) is 9.26. The normalized spacial score (nSPS) is 12.1. The molecule has 0 N–H and O–H groups in total. The van der Waals surface area contributed by atoms with Gasteiger partial charge in [0.05, 0.1) is 36.7 Å². The third-order valence-electron chi connectivity index (χ3n) is 6.02. The first-order valence-corrected chi connectivity index (χ1v) is 12.5. The molecule has 3 aromatic rings. The van der Waals surface area contributed by atoms with E-state index in [9.17, 15) is 9.59 Å². The fourth-order valence-electron chi connectivity index (χ4n) is 4.34. The molecule has 0 unspecified atom stereocenters. The van der Waals surface area contributed by atoms with E-state index in [1.54, 1.807) is 32.2 Å². The number of carbonyl (C=O) groups excluding carboxylic acids is 2. The molecule has 8 heteroatoms. The van der Waals surface area contributed by atoms with Gasteiger partial charge in [-0.3, -0.25) is 9.48 Å². The lowest BCUT2D eigenvalue weighted by atomic mass is 9.91. The lowest BCUT2D eigenvalue weighted by Gasteiger charge is -2.16. The van der Waals surface area contributed by atoms with E-state index < -0.39 is 0 Å². The Morgan fingerprint density at radius 3 is 2.74 bits per heavy atom. The van der Waals surface area contributed by atoms with Crippen molar-refractivity contribution >= 4 is 23.1 Å². The van der Waals surface area contributed by atoms with Gasteiger partial charge in [0.15, 0.2) is 10.8 Å². The highest BCUT2D eigenvalue weighted by molar-refractivity contribution is 7.16. The maximum atomic E-state index is 12.7. The summed E-state index contributed by atoms with van der Waals surface area (Å²) in [5, 5.41) is 5.02. The Morgan fingerprint density at radius 1 is 1.18 bits per heavy atom. The van der Waals surface area contributed by atoms with Crippen molar-refractivity contribution in [3.63, 3.8) is 0 Å². The van der Waals surface area contributed by atoms with Crippen molar-refractivity contribution < 1.29 is 23.8 Å². The molecule has 1 aromatic carbocycles. The average Bonchev–Trinajstić information content (AvgIpc) is 3.39. The Bertz CT molecular complexity index is 1210. The lowest BCUT2D eigenvalue weighted by Crippen LogP contribution is -2.10. The van der Waals surface area contributed by atoms with Gasteiger partial charge in [0.2, 0.25) is 0 Å². The molecule has 0 spiro atoms.